The van der Waals surface area contributed by atoms with Gasteiger partial charge in [-0.3, -0.25) is 4.79 Å². The second-order valence-corrected chi connectivity index (χ2v) is 5.91. The largest absolute Gasteiger partial charge is 1.00 e. The van der Waals surface area contributed by atoms with Gasteiger partial charge in [0.25, 0.3) is 5.91 Å². The Labute approximate surface area is 123 Å². The van der Waals surface area contributed by atoms with Crippen molar-refractivity contribution in [3.05, 3.63) is 33.4 Å². The van der Waals surface area contributed by atoms with Crippen LogP contribution in [0.4, 0.5) is 0 Å². The van der Waals surface area contributed by atoms with Crippen molar-refractivity contribution in [3.63, 3.8) is 0 Å². The van der Waals surface area contributed by atoms with Crippen molar-refractivity contribution in [2.24, 2.45) is 0 Å². The first-order valence-electron chi connectivity index (χ1n) is 5.23. The maximum absolute atomic E-state index is 11.8. The molecule has 1 amide bonds. The normalized spacial score (nSPS) is 10.6. The van der Waals surface area contributed by atoms with Crippen LogP contribution in [0.25, 0.3) is 0 Å². The fraction of sp³-hybridized carbons (Fsp3) is 0.417. The van der Waals surface area contributed by atoms with Crippen molar-refractivity contribution in [1.82, 2.24) is 5.32 Å². The molecule has 96 valence electrons. The van der Waals surface area contributed by atoms with Crippen molar-refractivity contribution in [3.8, 4) is 0 Å². The van der Waals surface area contributed by atoms with Crippen molar-refractivity contribution < 1.29 is 21.7 Å². The van der Waals surface area contributed by atoms with Gasteiger partial charge in [-0.1, -0.05) is 12.1 Å². The molecule has 1 aromatic carbocycles. The van der Waals surface area contributed by atoms with Crippen LogP contribution in [0.5, 0.6) is 0 Å². The van der Waals surface area contributed by atoms with Crippen LogP contribution in [0.15, 0.2) is 24.3 Å². The van der Waals surface area contributed by atoms with Crippen LogP contribution in [0, 0.1) is 3.57 Å². The van der Waals surface area contributed by atoms with E-state index in [1.54, 1.807) is 0 Å². The third kappa shape index (κ3) is 6.24. The zero-order chi connectivity index (χ0) is 12.2. The summed E-state index contributed by atoms with van der Waals surface area (Å²) in [6.45, 7) is 1.63. The minimum atomic E-state index is 0. The molecule has 1 aromatic rings. The number of hydrogen-bond donors (Lipinski definition) is 1. The van der Waals surface area contributed by atoms with Gasteiger partial charge in [0, 0.05) is 3.57 Å². The molecule has 0 atom stereocenters. The summed E-state index contributed by atoms with van der Waals surface area (Å²) in [5.41, 5.74) is 0.754. The molecule has 1 rings (SSSR count). The third-order valence-electron chi connectivity index (χ3n) is 2.19. The molecular formula is C12H18ClIN2O. The molecule has 0 bridgehead atoms. The molecule has 0 unspecified atom stereocenters. The van der Waals surface area contributed by atoms with E-state index in [0.29, 0.717) is 6.54 Å². The Morgan fingerprint density at radius 3 is 2.41 bits per heavy atom. The van der Waals surface area contributed by atoms with E-state index in [2.05, 4.69) is 49.1 Å². The Balaban J connectivity index is 0.00000256. The van der Waals surface area contributed by atoms with E-state index < -0.39 is 0 Å². The molecule has 3 nitrogen and oxygen atoms in total. The summed E-state index contributed by atoms with van der Waals surface area (Å²) in [5, 5.41) is 2.94. The van der Waals surface area contributed by atoms with Gasteiger partial charge in [-0.2, -0.15) is 0 Å². The summed E-state index contributed by atoms with van der Waals surface area (Å²) in [6, 6.07) is 7.61. The number of halogens is 2. The van der Waals surface area contributed by atoms with Crippen LogP contribution in [0.3, 0.4) is 0 Å². The highest BCUT2D eigenvalue weighted by atomic mass is 125. The Hall–Kier alpha value is -0.330. The Morgan fingerprint density at radius 1 is 1.29 bits per heavy atom. The second-order valence-electron chi connectivity index (χ2n) is 4.75. The molecule has 0 heterocycles. The first-order valence-corrected chi connectivity index (χ1v) is 6.31. The lowest BCUT2D eigenvalue weighted by molar-refractivity contribution is -0.869. The molecule has 0 aliphatic rings. The van der Waals surface area contributed by atoms with Crippen LogP contribution >= 0.6 is 22.6 Å². The maximum Gasteiger partial charge on any atom is 0.252 e. The van der Waals surface area contributed by atoms with E-state index >= 15 is 0 Å². The van der Waals surface area contributed by atoms with Gasteiger partial charge in [0.15, 0.2) is 0 Å². The number of nitrogens with zero attached hydrogens (tertiary/aromatic N) is 1. The highest BCUT2D eigenvalue weighted by molar-refractivity contribution is 14.1. The summed E-state index contributed by atoms with van der Waals surface area (Å²) >= 11 is 2.18. The summed E-state index contributed by atoms with van der Waals surface area (Å²) < 4.78 is 1.84. The Kier molecular flexibility index (Phi) is 7.04. The molecule has 0 spiro atoms. The molecule has 0 aliphatic carbocycles. The number of amides is 1. The van der Waals surface area contributed by atoms with Crippen molar-refractivity contribution >= 4 is 28.5 Å². The van der Waals surface area contributed by atoms with Crippen molar-refractivity contribution in [2.45, 2.75) is 0 Å². The van der Waals surface area contributed by atoms with Gasteiger partial charge >= 0.3 is 0 Å². The van der Waals surface area contributed by atoms with E-state index in [1.165, 1.54) is 0 Å². The van der Waals surface area contributed by atoms with Gasteiger partial charge in [-0.15, -0.1) is 0 Å². The smallest absolute Gasteiger partial charge is 0.252 e. The first kappa shape index (κ1) is 16.7. The zero-order valence-corrected chi connectivity index (χ0v) is 13.2. The zero-order valence-electron chi connectivity index (χ0n) is 10.3. The highest BCUT2D eigenvalue weighted by Crippen LogP contribution is 2.10. The summed E-state index contributed by atoms with van der Waals surface area (Å²) in [7, 11) is 6.33. The van der Waals surface area contributed by atoms with Gasteiger partial charge in [-0.25, -0.2) is 0 Å². The van der Waals surface area contributed by atoms with Gasteiger partial charge in [0.05, 0.1) is 39.8 Å². The monoisotopic (exact) mass is 366 g/mol. The molecule has 17 heavy (non-hydrogen) atoms. The van der Waals surface area contributed by atoms with Crippen LogP contribution in [0.2, 0.25) is 0 Å². The number of likely N-dealkylation sites (N-methyl/N-ethyl adjacent to an activating group) is 1. The molecule has 0 radical (unpaired) electrons. The molecule has 5 heteroatoms. The predicted molar refractivity (Wildman–Crippen MR) is 74.4 cm³/mol. The number of benzene rings is 1. The fourth-order valence-corrected chi connectivity index (χ4v) is 1.88. The van der Waals surface area contributed by atoms with Crippen LogP contribution in [-0.2, 0) is 0 Å². The van der Waals surface area contributed by atoms with Gasteiger partial charge in [0.1, 0.15) is 0 Å². The average Bonchev–Trinajstić information content (AvgIpc) is 2.16. The standard InChI is InChI=1S/C12H17IN2O.ClH/c1-15(2,3)9-8-14-12(16)10-6-4-5-7-11(10)13;/h4-7H,8-9H2,1-3H3;1H/i13-2;. The minimum absolute atomic E-state index is 0. The van der Waals surface area contributed by atoms with E-state index in [9.17, 15) is 4.79 Å². The number of rotatable bonds is 4. The molecule has 0 aliphatic heterocycles. The topological polar surface area (TPSA) is 29.1 Å². The molecular weight excluding hydrogens is 349 g/mol. The SMILES string of the molecule is C[N+](C)(C)CCNC(=O)c1ccccc1[125I].[Cl-]. The van der Waals surface area contributed by atoms with Crippen LogP contribution in [0.1, 0.15) is 10.4 Å². The van der Waals surface area contributed by atoms with E-state index in [-0.39, 0.29) is 18.3 Å². The molecule has 1 N–H and O–H groups in total. The first-order chi connectivity index (χ1) is 7.40. The summed E-state index contributed by atoms with van der Waals surface area (Å²) in [4.78, 5) is 11.8. The lowest BCUT2D eigenvalue weighted by Gasteiger charge is -2.23. The second kappa shape index (κ2) is 7.18. The number of quaternary nitrogens is 1. The number of carbonyl (C=O) groups is 1. The Bertz CT molecular complexity index is 377. The molecule has 0 aromatic heterocycles. The summed E-state index contributed by atoms with van der Waals surface area (Å²) in [5.74, 6) is 0.0125. The number of hydrogen-bond acceptors (Lipinski definition) is 1. The highest BCUT2D eigenvalue weighted by Gasteiger charge is 2.11. The lowest BCUT2D eigenvalue weighted by Crippen LogP contribution is -3.00. The van der Waals surface area contributed by atoms with Crippen LogP contribution in [-0.4, -0.2) is 44.6 Å². The van der Waals surface area contributed by atoms with Gasteiger partial charge in [0.2, 0.25) is 0 Å². The predicted octanol–water partition coefficient (Wildman–Crippen LogP) is -1.27. The third-order valence-corrected chi connectivity index (χ3v) is 3.13. The average molecular weight is 367 g/mol. The number of carbonyl (C=O) groups excluding carboxylic acids is 1. The van der Waals surface area contributed by atoms with Crippen LogP contribution < -0.4 is 17.7 Å². The maximum atomic E-state index is 11.8. The molecule has 0 saturated heterocycles. The van der Waals surface area contributed by atoms with Crippen molar-refractivity contribution in [1.29, 1.82) is 0 Å². The quantitative estimate of drug-likeness (QED) is 0.523. The van der Waals surface area contributed by atoms with Gasteiger partial charge < -0.3 is 22.2 Å². The van der Waals surface area contributed by atoms with E-state index in [4.69, 9.17) is 0 Å². The minimum Gasteiger partial charge on any atom is -1.00 e. The lowest BCUT2D eigenvalue weighted by atomic mass is 10.2. The van der Waals surface area contributed by atoms with E-state index in [0.717, 1.165) is 20.2 Å². The van der Waals surface area contributed by atoms with E-state index in [1.807, 2.05) is 24.3 Å². The van der Waals surface area contributed by atoms with Gasteiger partial charge in [-0.05, 0) is 34.7 Å². The van der Waals surface area contributed by atoms with Crippen molar-refractivity contribution in [2.75, 3.05) is 34.2 Å². The summed E-state index contributed by atoms with van der Waals surface area (Å²) in [6.07, 6.45) is 0. The fourth-order valence-electron chi connectivity index (χ4n) is 1.25. The molecule has 0 saturated carbocycles. The Morgan fingerprint density at radius 2 is 1.88 bits per heavy atom. The number of nitrogens with one attached hydrogen (secondary N) is 1. The molecule has 0 fully saturated rings.